The highest BCUT2D eigenvalue weighted by Crippen LogP contribution is 2.34. The van der Waals surface area contributed by atoms with Crippen LogP contribution in [-0.4, -0.2) is 66.8 Å². The third-order valence-corrected chi connectivity index (χ3v) is 6.41. The Bertz CT molecular complexity index is 711. The minimum Gasteiger partial charge on any atom is -0.486 e. The van der Waals surface area contributed by atoms with E-state index in [-0.39, 0.29) is 23.8 Å². The number of carbonyl (C=O) groups is 2. The number of piperidine rings is 1. The van der Waals surface area contributed by atoms with Crippen LogP contribution in [0.2, 0.25) is 0 Å². The SMILES string of the molecule is CN1C(=O)[C@@H]2CC[C@H]1CN(C(=O)CCSc1ccc3c(c1)OCCO3)C2. The van der Waals surface area contributed by atoms with Gasteiger partial charge in [-0.3, -0.25) is 9.59 Å². The zero-order valence-electron chi connectivity index (χ0n) is 15.0. The molecule has 2 atom stereocenters. The Kier molecular flexibility index (Phi) is 4.98. The Labute approximate surface area is 157 Å². The molecule has 0 saturated carbocycles. The molecule has 2 bridgehead atoms. The second-order valence-electron chi connectivity index (χ2n) is 7.08. The van der Waals surface area contributed by atoms with Gasteiger partial charge in [-0.1, -0.05) is 0 Å². The van der Waals surface area contributed by atoms with Crippen molar-refractivity contribution in [2.24, 2.45) is 5.92 Å². The summed E-state index contributed by atoms with van der Waals surface area (Å²) in [5, 5.41) is 0. The minimum absolute atomic E-state index is 0.0202. The first-order valence-corrected chi connectivity index (χ1v) is 10.2. The van der Waals surface area contributed by atoms with Crippen molar-refractivity contribution in [3.8, 4) is 11.5 Å². The van der Waals surface area contributed by atoms with Gasteiger partial charge in [0.15, 0.2) is 11.5 Å². The van der Waals surface area contributed by atoms with E-state index in [0.29, 0.717) is 38.5 Å². The van der Waals surface area contributed by atoms with E-state index in [1.165, 1.54) is 0 Å². The molecule has 3 saturated heterocycles. The highest BCUT2D eigenvalue weighted by atomic mass is 32.2. The topological polar surface area (TPSA) is 59.1 Å². The monoisotopic (exact) mass is 376 g/mol. The Morgan fingerprint density at radius 3 is 2.85 bits per heavy atom. The molecule has 0 unspecified atom stereocenters. The molecule has 2 amide bonds. The van der Waals surface area contributed by atoms with Crippen molar-refractivity contribution in [2.45, 2.75) is 30.2 Å². The summed E-state index contributed by atoms with van der Waals surface area (Å²) < 4.78 is 11.1. The van der Waals surface area contributed by atoms with Crippen LogP contribution in [0.4, 0.5) is 0 Å². The summed E-state index contributed by atoms with van der Waals surface area (Å²) in [4.78, 5) is 29.7. The summed E-state index contributed by atoms with van der Waals surface area (Å²) in [6.07, 6.45) is 2.39. The second kappa shape index (κ2) is 7.39. The maximum absolute atomic E-state index is 12.6. The lowest BCUT2D eigenvalue weighted by atomic mass is 9.95. The van der Waals surface area contributed by atoms with E-state index < -0.39 is 0 Å². The molecule has 0 aliphatic carbocycles. The fourth-order valence-corrected chi connectivity index (χ4v) is 4.76. The summed E-state index contributed by atoms with van der Waals surface area (Å²) >= 11 is 1.65. The molecule has 4 aliphatic rings. The zero-order valence-corrected chi connectivity index (χ0v) is 15.8. The molecule has 7 heteroatoms. The van der Waals surface area contributed by atoms with Crippen molar-refractivity contribution < 1.29 is 19.1 Å². The van der Waals surface area contributed by atoms with Crippen LogP contribution in [0.1, 0.15) is 19.3 Å². The molecular formula is C19H24N2O4S. The number of benzene rings is 1. The Balaban J connectivity index is 1.31. The van der Waals surface area contributed by atoms with Crippen LogP contribution in [0, 0.1) is 5.92 Å². The highest BCUT2D eigenvalue weighted by molar-refractivity contribution is 7.99. The average molecular weight is 376 g/mol. The van der Waals surface area contributed by atoms with E-state index in [1.54, 1.807) is 11.8 Å². The van der Waals surface area contributed by atoms with Crippen molar-refractivity contribution in [1.82, 2.24) is 9.80 Å². The van der Waals surface area contributed by atoms with E-state index in [1.807, 2.05) is 35.0 Å². The maximum Gasteiger partial charge on any atom is 0.227 e. The van der Waals surface area contributed by atoms with Crippen molar-refractivity contribution >= 4 is 23.6 Å². The lowest BCUT2D eigenvalue weighted by Crippen LogP contribution is -2.45. The summed E-state index contributed by atoms with van der Waals surface area (Å²) in [6.45, 7) is 2.41. The minimum atomic E-state index is -0.0202. The number of fused-ring (bicyclic) bond motifs is 5. The van der Waals surface area contributed by atoms with Gasteiger partial charge in [-0.25, -0.2) is 0 Å². The molecule has 5 rings (SSSR count). The Morgan fingerprint density at radius 1 is 1.19 bits per heavy atom. The number of nitrogens with zero attached hydrogens (tertiary/aromatic N) is 2. The molecule has 4 aliphatic heterocycles. The summed E-state index contributed by atoms with van der Waals surface area (Å²) in [7, 11) is 1.87. The lowest BCUT2D eigenvalue weighted by molar-refractivity contribution is -0.138. The Hall–Kier alpha value is -1.89. The number of amides is 2. The highest BCUT2D eigenvalue weighted by Gasteiger charge is 2.39. The molecule has 0 aromatic heterocycles. The van der Waals surface area contributed by atoms with Crippen molar-refractivity contribution in [2.75, 3.05) is 39.1 Å². The molecule has 0 radical (unpaired) electrons. The molecule has 3 fully saturated rings. The van der Waals surface area contributed by atoms with E-state index in [2.05, 4.69) is 0 Å². The van der Waals surface area contributed by atoms with Gasteiger partial charge in [0.2, 0.25) is 11.8 Å². The predicted molar refractivity (Wildman–Crippen MR) is 98.6 cm³/mol. The number of hydrogen-bond donors (Lipinski definition) is 0. The molecule has 0 N–H and O–H groups in total. The molecule has 4 heterocycles. The first-order valence-electron chi connectivity index (χ1n) is 9.18. The normalized spacial score (nSPS) is 24.6. The predicted octanol–water partition coefficient (Wildman–Crippen LogP) is 2.02. The number of thioether (sulfide) groups is 1. The van der Waals surface area contributed by atoms with Crippen molar-refractivity contribution in [1.29, 1.82) is 0 Å². The Morgan fingerprint density at radius 2 is 2.00 bits per heavy atom. The first kappa shape index (κ1) is 17.5. The van der Waals surface area contributed by atoms with E-state index in [0.717, 1.165) is 29.2 Å². The third kappa shape index (κ3) is 3.49. The fraction of sp³-hybridized carbons (Fsp3) is 0.579. The molecule has 1 aromatic carbocycles. The van der Waals surface area contributed by atoms with Crippen molar-refractivity contribution in [3.05, 3.63) is 18.2 Å². The van der Waals surface area contributed by atoms with E-state index in [9.17, 15) is 9.59 Å². The summed E-state index contributed by atoms with van der Waals surface area (Å²) in [5.74, 6) is 2.60. The fourth-order valence-electron chi connectivity index (χ4n) is 3.89. The second-order valence-corrected chi connectivity index (χ2v) is 8.25. The summed E-state index contributed by atoms with van der Waals surface area (Å²) in [6, 6.07) is 6.08. The number of rotatable bonds is 4. The molecule has 140 valence electrons. The zero-order chi connectivity index (χ0) is 18.1. The molecule has 26 heavy (non-hydrogen) atoms. The van der Waals surface area contributed by atoms with Crippen LogP contribution in [0.15, 0.2) is 23.1 Å². The van der Waals surface area contributed by atoms with Gasteiger partial charge >= 0.3 is 0 Å². The largest absolute Gasteiger partial charge is 0.486 e. The van der Waals surface area contributed by atoms with Crippen LogP contribution in [-0.2, 0) is 9.59 Å². The van der Waals surface area contributed by atoms with Crippen LogP contribution < -0.4 is 9.47 Å². The molecular weight excluding hydrogens is 352 g/mol. The van der Waals surface area contributed by atoms with Gasteiger partial charge in [-0.15, -0.1) is 11.8 Å². The number of likely N-dealkylation sites (N-methyl/N-ethyl adjacent to an activating group) is 1. The third-order valence-electron chi connectivity index (χ3n) is 5.42. The van der Waals surface area contributed by atoms with Gasteiger partial charge in [-0.05, 0) is 31.0 Å². The lowest BCUT2D eigenvalue weighted by Gasteiger charge is -2.32. The number of ether oxygens (including phenoxy) is 2. The van der Waals surface area contributed by atoms with E-state index in [4.69, 9.17) is 9.47 Å². The number of hydrogen-bond acceptors (Lipinski definition) is 5. The van der Waals surface area contributed by atoms with Gasteiger partial charge < -0.3 is 19.3 Å². The quantitative estimate of drug-likeness (QED) is 0.753. The van der Waals surface area contributed by atoms with Crippen molar-refractivity contribution in [3.63, 3.8) is 0 Å². The van der Waals surface area contributed by atoms with Gasteiger partial charge in [0, 0.05) is 43.2 Å². The molecule has 6 nitrogen and oxygen atoms in total. The average Bonchev–Trinajstić information content (AvgIpc) is 2.95. The van der Waals surface area contributed by atoms with Gasteiger partial charge in [-0.2, -0.15) is 0 Å². The standard InChI is InChI=1S/C19H24N2O4S/c1-20-14-3-2-13(19(20)23)11-21(12-14)18(22)6-9-26-15-4-5-16-17(10-15)25-8-7-24-16/h4-5,10,13-14H,2-3,6-9,11-12H2,1H3/t13-,14+/m1/s1. The molecule has 0 spiro atoms. The van der Waals surface area contributed by atoms with E-state index >= 15 is 0 Å². The van der Waals surface area contributed by atoms with Crippen LogP contribution in [0.3, 0.4) is 0 Å². The van der Waals surface area contributed by atoms with Crippen LogP contribution in [0.25, 0.3) is 0 Å². The van der Waals surface area contributed by atoms with Crippen LogP contribution in [0.5, 0.6) is 11.5 Å². The van der Waals surface area contributed by atoms with Gasteiger partial charge in [0.05, 0.1) is 5.92 Å². The smallest absolute Gasteiger partial charge is 0.227 e. The van der Waals surface area contributed by atoms with Gasteiger partial charge in [0.25, 0.3) is 0 Å². The first-order chi connectivity index (χ1) is 12.6. The molecule has 1 aromatic rings. The number of carbonyl (C=O) groups excluding carboxylic acids is 2. The van der Waals surface area contributed by atoms with Crippen LogP contribution >= 0.6 is 11.8 Å². The maximum atomic E-state index is 12.6. The van der Waals surface area contributed by atoms with Gasteiger partial charge in [0.1, 0.15) is 13.2 Å². The summed E-state index contributed by atoms with van der Waals surface area (Å²) in [5.41, 5.74) is 0.